The number of carbonyl (C=O) groups excluding carboxylic acids is 1. The number of benzene rings is 2. The minimum Gasteiger partial charge on any atom is -0.419 e. The quantitative estimate of drug-likeness (QED) is 0.243. The van der Waals surface area contributed by atoms with Gasteiger partial charge >= 0.3 is 5.97 Å². The normalized spacial score (nSPS) is 19.9. The molecular formula is C20H18F5NO3. The number of hydrogen-bond donors (Lipinski definition) is 0. The van der Waals surface area contributed by atoms with Crippen molar-refractivity contribution in [1.29, 1.82) is 0 Å². The van der Waals surface area contributed by atoms with E-state index in [4.69, 9.17) is 4.74 Å². The van der Waals surface area contributed by atoms with Crippen LogP contribution in [0.5, 0.6) is 5.75 Å². The fourth-order valence-electron chi connectivity index (χ4n) is 3.46. The smallest absolute Gasteiger partial charge is 0.328 e. The van der Waals surface area contributed by atoms with Crippen LogP contribution < -0.4 is 4.74 Å². The Hall–Kier alpha value is -2.52. The molecule has 0 unspecified atom stereocenters. The summed E-state index contributed by atoms with van der Waals surface area (Å²) in [4.78, 5) is 14.2. The van der Waals surface area contributed by atoms with E-state index in [9.17, 15) is 26.7 Å². The molecule has 2 aromatic rings. The van der Waals surface area contributed by atoms with Gasteiger partial charge in [0, 0.05) is 0 Å². The van der Waals surface area contributed by atoms with E-state index in [0.717, 1.165) is 5.56 Å². The van der Waals surface area contributed by atoms with Crippen LogP contribution in [-0.4, -0.2) is 29.2 Å². The molecule has 1 fully saturated rings. The second-order valence-corrected chi connectivity index (χ2v) is 7.09. The highest BCUT2D eigenvalue weighted by molar-refractivity contribution is 5.78. The van der Waals surface area contributed by atoms with Crippen molar-refractivity contribution in [3.05, 3.63) is 65.0 Å². The van der Waals surface area contributed by atoms with Crippen molar-refractivity contribution in [2.75, 3.05) is 6.61 Å². The Morgan fingerprint density at radius 1 is 1.03 bits per heavy atom. The molecule has 3 rings (SSSR count). The standard InChI is InChI=1S/C20H18F5NO3/c1-10(19(27)29-18-16(24)14(22)13(21)15(23)17(18)25)26-12(9-28-20(26,2)3)11-7-5-4-6-8-11/h4-8,10,12H,9H2,1-3H3/t10-,12-/m1/s1. The largest absolute Gasteiger partial charge is 0.419 e. The van der Waals surface area contributed by atoms with Crippen LogP contribution in [0, 0.1) is 29.1 Å². The molecule has 1 aliphatic rings. The van der Waals surface area contributed by atoms with E-state index in [0.29, 0.717) is 0 Å². The van der Waals surface area contributed by atoms with E-state index < -0.39 is 52.6 Å². The summed E-state index contributed by atoms with van der Waals surface area (Å²) in [7, 11) is 0. The zero-order valence-electron chi connectivity index (χ0n) is 15.8. The molecule has 0 bridgehead atoms. The molecule has 2 aromatic carbocycles. The molecule has 1 saturated heterocycles. The highest BCUT2D eigenvalue weighted by Gasteiger charge is 2.46. The molecule has 0 spiro atoms. The Labute approximate surface area is 163 Å². The van der Waals surface area contributed by atoms with Gasteiger partial charge in [-0.3, -0.25) is 4.90 Å². The highest BCUT2D eigenvalue weighted by Crippen LogP contribution is 2.39. The second kappa shape index (κ2) is 7.72. The number of ether oxygens (including phenoxy) is 2. The lowest BCUT2D eigenvalue weighted by Gasteiger charge is -2.37. The molecule has 0 N–H and O–H groups in total. The van der Waals surface area contributed by atoms with Crippen molar-refractivity contribution in [3.8, 4) is 5.75 Å². The first kappa shape index (κ1) is 21.2. The van der Waals surface area contributed by atoms with Crippen molar-refractivity contribution < 1.29 is 36.2 Å². The SMILES string of the molecule is C[C@H](C(=O)Oc1c(F)c(F)c(F)c(F)c1F)N1[C@@H](c2ccccc2)COC1(C)C. The third kappa shape index (κ3) is 3.72. The lowest BCUT2D eigenvalue weighted by Crippen LogP contribution is -2.50. The molecule has 4 nitrogen and oxygen atoms in total. The summed E-state index contributed by atoms with van der Waals surface area (Å²) < 4.78 is 78.0. The molecule has 0 radical (unpaired) electrons. The Bertz CT molecular complexity index is 906. The van der Waals surface area contributed by atoms with Gasteiger partial charge in [0.05, 0.1) is 12.6 Å². The number of hydrogen-bond acceptors (Lipinski definition) is 4. The van der Waals surface area contributed by atoms with Crippen LogP contribution in [0.4, 0.5) is 22.0 Å². The summed E-state index contributed by atoms with van der Waals surface area (Å²) >= 11 is 0. The Morgan fingerprint density at radius 3 is 2.10 bits per heavy atom. The van der Waals surface area contributed by atoms with E-state index in [2.05, 4.69) is 4.74 Å². The minimum absolute atomic E-state index is 0.233. The highest BCUT2D eigenvalue weighted by atomic mass is 19.2. The Kier molecular flexibility index (Phi) is 5.64. The van der Waals surface area contributed by atoms with Gasteiger partial charge in [0.2, 0.25) is 34.8 Å². The first-order valence-electron chi connectivity index (χ1n) is 8.76. The van der Waals surface area contributed by atoms with Crippen molar-refractivity contribution in [1.82, 2.24) is 4.90 Å². The first-order valence-corrected chi connectivity index (χ1v) is 8.76. The summed E-state index contributed by atoms with van der Waals surface area (Å²) in [5.74, 6) is -13.9. The van der Waals surface area contributed by atoms with Gasteiger partial charge in [-0.2, -0.15) is 8.78 Å². The summed E-state index contributed by atoms with van der Waals surface area (Å²) in [6, 6.07) is 7.57. The first-order chi connectivity index (χ1) is 13.6. The average molecular weight is 415 g/mol. The molecule has 2 atom stereocenters. The van der Waals surface area contributed by atoms with Crippen molar-refractivity contribution in [2.24, 2.45) is 0 Å². The van der Waals surface area contributed by atoms with E-state index in [1.54, 1.807) is 30.9 Å². The van der Waals surface area contributed by atoms with Crippen LogP contribution in [0.3, 0.4) is 0 Å². The van der Waals surface area contributed by atoms with Crippen LogP contribution in [-0.2, 0) is 9.53 Å². The predicted octanol–water partition coefficient (Wildman–Crippen LogP) is 4.49. The van der Waals surface area contributed by atoms with Crippen molar-refractivity contribution >= 4 is 5.97 Å². The average Bonchev–Trinajstić information content (AvgIpc) is 3.03. The molecule has 9 heteroatoms. The van der Waals surface area contributed by atoms with E-state index in [1.165, 1.54) is 6.92 Å². The van der Waals surface area contributed by atoms with Gasteiger partial charge in [0.15, 0.2) is 0 Å². The predicted molar refractivity (Wildman–Crippen MR) is 92.4 cm³/mol. The molecule has 0 aliphatic carbocycles. The van der Waals surface area contributed by atoms with E-state index in [1.807, 2.05) is 18.2 Å². The number of rotatable bonds is 4. The Balaban J connectivity index is 1.91. The zero-order valence-corrected chi connectivity index (χ0v) is 15.8. The van der Waals surface area contributed by atoms with Gasteiger partial charge in [0.25, 0.3) is 0 Å². The summed E-state index contributed by atoms with van der Waals surface area (Å²) in [5, 5.41) is 0. The fourth-order valence-corrected chi connectivity index (χ4v) is 3.46. The van der Waals surface area contributed by atoms with Crippen molar-refractivity contribution in [2.45, 2.75) is 38.6 Å². The molecule has 0 amide bonds. The number of halogens is 5. The molecule has 0 saturated carbocycles. The van der Waals surface area contributed by atoms with Crippen LogP contribution in [0.1, 0.15) is 32.4 Å². The number of carbonyl (C=O) groups is 1. The van der Waals surface area contributed by atoms with Gasteiger partial charge in [-0.25, -0.2) is 18.0 Å². The number of nitrogens with zero attached hydrogens (tertiary/aromatic N) is 1. The van der Waals surface area contributed by atoms with Crippen LogP contribution >= 0.6 is 0 Å². The van der Waals surface area contributed by atoms with Crippen molar-refractivity contribution in [3.63, 3.8) is 0 Å². The molecule has 29 heavy (non-hydrogen) atoms. The zero-order chi connectivity index (χ0) is 21.5. The molecule has 1 heterocycles. The summed E-state index contributed by atoms with van der Waals surface area (Å²) in [6.45, 7) is 5.02. The maximum absolute atomic E-state index is 13.9. The molecular weight excluding hydrogens is 397 g/mol. The topological polar surface area (TPSA) is 38.8 Å². The minimum atomic E-state index is -2.33. The third-order valence-corrected chi connectivity index (χ3v) is 4.87. The second-order valence-electron chi connectivity index (χ2n) is 7.09. The van der Waals surface area contributed by atoms with Crippen LogP contribution in [0.2, 0.25) is 0 Å². The number of esters is 1. The van der Waals surface area contributed by atoms with Crippen LogP contribution in [0.25, 0.3) is 0 Å². The molecule has 0 aromatic heterocycles. The monoisotopic (exact) mass is 415 g/mol. The van der Waals surface area contributed by atoms with Gasteiger partial charge in [-0.05, 0) is 26.3 Å². The van der Waals surface area contributed by atoms with Gasteiger partial charge < -0.3 is 9.47 Å². The van der Waals surface area contributed by atoms with Crippen LogP contribution in [0.15, 0.2) is 30.3 Å². The van der Waals surface area contributed by atoms with E-state index in [-0.39, 0.29) is 12.6 Å². The summed E-state index contributed by atoms with van der Waals surface area (Å²) in [5.41, 5.74) is -0.121. The maximum Gasteiger partial charge on any atom is 0.328 e. The lowest BCUT2D eigenvalue weighted by molar-refractivity contribution is -0.148. The molecule has 1 aliphatic heterocycles. The lowest BCUT2D eigenvalue weighted by atomic mass is 10.0. The van der Waals surface area contributed by atoms with Gasteiger partial charge in [0.1, 0.15) is 11.8 Å². The maximum atomic E-state index is 13.9. The summed E-state index contributed by atoms with van der Waals surface area (Å²) in [6.07, 6.45) is 0. The van der Waals surface area contributed by atoms with E-state index >= 15 is 0 Å². The van der Waals surface area contributed by atoms with Gasteiger partial charge in [-0.15, -0.1) is 0 Å². The Morgan fingerprint density at radius 2 is 1.55 bits per heavy atom. The third-order valence-electron chi connectivity index (χ3n) is 4.87. The molecule has 156 valence electrons. The fraction of sp³-hybridized carbons (Fsp3) is 0.350. The van der Waals surface area contributed by atoms with Gasteiger partial charge in [-0.1, -0.05) is 30.3 Å².